The minimum absolute atomic E-state index is 0.301. The predicted octanol–water partition coefficient (Wildman–Crippen LogP) is 2.31. The number of carbonyl (C=O) groups is 2. The van der Waals surface area contributed by atoms with Crippen LogP contribution in [0.4, 0.5) is 0 Å². The highest BCUT2D eigenvalue weighted by atomic mass is 16.5. The number of rotatable bonds is 2. The van der Waals surface area contributed by atoms with Crippen molar-refractivity contribution in [3.8, 4) is 0 Å². The van der Waals surface area contributed by atoms with Crippen LogP contribution in [-0.2, 0) is 4.74 Å². The van der Waals surface area contributed by atoms with E-state index in [-0.39, 0.29) is 0 Å². The number of benzene rings is 1. The molecule has 0 aliphatic heterocycles. The molecule has 0 radical (unpaired) electrons. The van der Waals surface area contributed by atoms with Crippen molar-refractivity contribution < 1.29 is 14.3 Å². The minimum atomic E-state index is -0.488. The third-order valence-corrected chi connectivity index (χ3v) is 1.49. The molecule has 0 heterocycles. The normalized spacial score (nSPS) is 8.21. The van der Waals surface area contributed by atoms with Gasteiger partial charge in [0.2, 0.25) is 0 Å². The fraction of sp³-hybridized carbons (Fsp3) is 0.273. The van der Waals surface area contributed by atoms with Gasteiger partial charge in [0.25, 0.3) is 0 Å². The number of methoxy groups -OCH3 is 1. The SMILES string of the molecule is CC.COC(=O)c1ccccc1C=O. The Hall–Kier alpha value is -1.64. The number of aldehydes is 1. The highest BCUT2D eigenvalue weighted by Crippen LogP contribution is 2.06. The molecule has 0 aliphatic carbocycles. The first kappa shape index (κ1) is 12.4. The molecule has 3 heteroatoms. The van der Waals surface area contributed by atoms with E-state index in [2.05, 4.69) is 4.74 Å². The molecule has 0 saturated carbocycles. The van der Waals surface area contributed by atoms with Crippen molar-refractivity contribution in [3.63, 3.8) is 0 Å². The number of esters is 1. The second kappa shape index (κ2) is 6.83. The van der Waals surface area contributed by atoms with Crippen LogP contribution in [-0.4, -0.2) is 19.4 Å². The lowest BCUT2D eigenvalue weighted by atomic mass is 10.1. The van der Waals surface area contributed by atoms with Crippen LogP contribution < -0.4 is 0 Å². The lowest BCUT2D eigenvalue weighted by Crippen LogP contribution is -2.04. The fourth-order valence-corrected chi connectivity index (χ4v) is 0.896. The van der Waals surface area contributed by atoms with Crippen LogP contribution in [0.3, 0.4) is 0 Å². The number of ether oxygens (including phenoxy) is 1. The summed E-state index contributed by atoms with van der Waals surface area (Å²) in [6.07, 6.45) is 0.631. The molecular formula is C11H14O3. The van der Waals surface area contributed by atoms with E-state index in [1.165, 1.54) is 7.11 Å². The molecule has 0 spiro atoms. The van der Waals surface area contributed by atoms with Crippen molar-refractivity contribution in [1.29, 1.82) is 0 Å². The van der Waals surface area contributed by atoms with Gasteiger partial charge in [-0.2, -0.15) is 0 Å². The van der Waals surface area contributed by atoms with E-state index in [0.717, 1.165) is 0 Å². The maximum absolute atomic E-state index is 11.0. The molecule has 76 valence electrons. The average molecular weight is 194 g/mol. The monoisotopic (exact) mass is 194 g/mol. The molecule has 1 aromatic carbocycles. The first-order chi connectivity index (χ1) is 6.79. The number of hydrogen-bond donors (Lipinski definition) is 0. The third-order valence-electron chi connectivity index (χ3n) is 1.49. The van der Waals surface area contributed by atoms with Gasteiger partial charge in [-0.25, -0.2) is 4.79 Å². The largest absolute Gasteiger partial charge is 0.465 e. The van der Waals surface area contributed by atoms with Crippen LogP contribution >= 0.6 is 0 Å². The summed E-state index contributed by atoms with van der Waals surface area (Å²) in [7, 11) is 1.28. The molecule has 0 aromatic heterocycles. The van der Waals surface area contributed by atoms with Crippen LogP contribution in [0, 0.1) is 0 Å². The highest BCUT2D eigenvalue weighted by molar-refractivity contribution is 5.98. The lowest BCUT2D eigenvalue weighted by Gasteiger charge is -2.00. The van der Waals surface area contributed by atoms with Gasteiger partial charge in [-0.15, -0.1) is 0 Å². The summed E-state index contributed by atoms with van der Waals surface area (Å²) in [4.78, 5) is 21.5. The predicted molar refractivity (Wildman–Crippen MR) is 54.5 cm³/mol. The Morgan fingerprint density at radius 1 is 1.29 bits per heavy atom. The van der Waals surface area contributed by atoms with Gasteiger partial charge in [-0.05, 0) is 6.07 Å². The first-order valence-electron chi connectivity index (χ1n) is 4.42. The van der Waals surface area contributed by atoms with Crippen molar-refractivity contribution in [2.24, 2.45) is 0 Å². The molecule has 0 aliphatic rings. The summed E-state index contributed by atoms with van der Waals surface area (Å²) in [6.45, 7) is 4.00. The Morgan fingerprint density at radius 3 is 2.36 bits per heavy atom. The highest BCUT2D eigenvalue weighted by Gasteiger charge is 2.08. The van der Waals surface area contributed by atoms with Crippen molar-refractivity contribution in [2.45, 2.75) is 13.8 Å². The summed E-state index contributed by atoms with van der Waals surface area (Å²) < 4.78 is 4.48. The summed E-state index contributed by atoms with van der Waals surface area (Å²) in [5.41, 5.74) is 0.652. The van der Waals surface area contributed by atoms with Crippen molar-refractivity contribution in [1.82, 2.24) is 0 Å². The average Bonchev–Trinajstić information content (AvgIpc) is 2.30. The van der Waals surface area contributed by atoms with E-state index in [1.54, 1.807) is 24.3 Å². The van der Waals surface area contributed by atoms with Gasteiger partial charge >= 0.3 is 5.97 Å². The smallest absolute Gasteiger partial charge is 0.338 e. The summed E-state index contributed by atoms with van der Waals surface area (Å²) >= 11 is 0. The fourth-order valence-electron chi connectivity index (χ4n) is 0.896. The van der Waals surface area contributed by atoms with E-state index in [9.17, 15) is 9.59 Å². The van der Waals surface area contributed by atoms with Gasteiger partial charge in [0, 0.05) is 5.56 Å². The zero-order valence-electron chi connectivity index (χ0n) is 8.61. The van der Waals surface area contributed by atoms with Crippen molar-refractivity contribution >= 4 is 12.3 Å². The van der Waals surface area contributed by atoms with E-state index in [1.807, 2.05) is 13.8 Å². The maximum atomic E-state index is 11.0. The molecular weight excluding hydrogens is 180 g/mol. The third kappa shape index (κ3) is 3.01. The van der Waals surface area contributed by atoms with E-state index < -0.39 is 5.97 Å². The number of carbonyl (C=O) groups excluding carboxylic acids is 2. The molecule has 1 rings (SSSR count). The van der Waals surface area contributed by atoms with Gasteiger partial charge in [0.1, 0.15) is 0 Å². The van der Waals surface area contributed by atoms with Crippen LogP contribution in [0.25, 0.3) is 0 Å². The Morgan fingerprint density at radius 2 is 1.86 bits per heavy atom. The van der Waals surface area contributed by atoms with Crippen LogP contribution in [0.2, 0.25) is 0 Å². The zero-order valence-corrected chi connectivity index (χ0v) is 8.61. The summed E-state index contributed by atoms with van der Waals surface area (Å²) in [6, 6.07) is 6.49. The summed E-state index contributed by atoms with van der Waals surface area (Å²) in [5, 5.41) is 0. The molecule has 0 saturated heterocycles. The van der Waals surface area contributed by atoms with Gasteiger partial charge in [0.05, 0.1) is 12.7 Å². The quantitative estimate of drug-likeness (QED) is 0.536. The minimum Gasteiger partial charge on any atom is -0.465 e. The summed E-state index contributed by atoms with van der Waals surface area (Å²) in [5.74, 6) is -0.488. The lowest BCUT2D eigenvalue weighted by molar-refractivity contribution is 0.0598. The molecule has 0 atom stereocenters. The second-order valence-electron chi connectivity index (χ2n) is 2.20. The topological polar surface area (TPSA) is 43.4 Å². The molecule has 0 amide bonds. The second-order valence-corrected chi connectivity index (χ2v) is 2.20. The molecule has 1 aromatic rings. The van der Waals surface area contributed by atoms with Crippen LogP contribution in [0.5, 0.6) is 0 Å². The Kier molecular flexibility index (Phi) is 6.03. The van der Waals surface area contributed by atoms with Crippen molar-refractivity contribution in [3.05, 3.63) is 35.4 Å². The van der Waals surface area contributed by atoms with Crippen LogP contribution in [0.15, 0.2) is 24.3 Å². The first-order valence-corrected chi connectivity index (χ1v) is 4.42. The number of hydrogen-bond acceptors (Lipinski definition) is 3. The Bertz CT molecular complexity index is 305. The molecule has 0 bridgehead atoms. The zero-order chi connectivity index (χ0) is 11.0. The molecule has 14 heavy (non-hydrogen) atoms. The van der Waals surface area contributed by atoms with Crippen molar-refractivity contribution in [2.75, 3.05) is 7.11 Å². The molecule has 0 N–H and O–H groups in total. The van der Waals surface area contributed by atoms with Crippen LogP contribution in [0.1, 0.15) is 34.6 Å². The van der Waals surface area contributed by atoms with Gasteiger partial charge in [0.15, 0.2) is 6.29 Å². The Balaban J connectivity index is 0.000000791. The molecule has 0 unspecified atom stereocenters. The molecule has 0 fully saturated rings. The van der Waals surface area contributed by atoms with E-state index >= 15 is 0 Å². The standard InChI is InChI=1S/C9H8O3.C2H6/c1-12-9(11)8-5-3-2-4-7(8)6-10;1-2/h2-6H,1H3;1-2H3. The maximum Gasteiger partial charge on any atom is 0.338 e. The van der Waals surface area contributed by atoms with E-state index in [0.29, 0.717) is 17.4 Å². The Labute approximate surface area is 83.7 Å². The van der Waals surface area contributed by atoms with Gasteiger partial charge in [-0.3, -0.25) is 4.79 Å². The van der Waals surface area contributed by atoms with Gasteiger partial charge in [-0.1, -0.05) is 32.0 Å². The molecule has 3 nitrogen and oxygen atoms in total. The van der Waals surface area contributed by atoms with E-state index in [4.69, 9.17) is 0 Å². The van der Waals surface area contributed by atoms with Gasteiger partial charge < -0.3 is 4.74 Å².